The van der Waals surface area contributed by atoms with E-state index in [2.05, 4.69) is 15.9 Å². The number of halogens is 3. The van der Waals surface area contributed by atoms with Crippen LogP contribution in [0.15, 0.2) is 16.6 Å². The molecular formula is C12H12BrF2NO2. The van der Waals surface area contributed by atoms with Crippen LogP contribution in [0.1, 0.15) is 17.3 Å². The maximum Gasteiger partial charge on any atom is 0.259 e. The predicted molar refractivity (Wildman–Crippen MR) is 65.4 cm³/mol. The fraction of sp³-hybridized carbons (Fsp3) is 0.417. The lowest BCUT2D eigenvalue weighted by Gasteiger charge is -2.31. The molecule has 2 rings (SSSR count). The van der Waals surface area contributed by atoms with Gasteiger partial charge in [0.1, 0.15) is 17.2 Å². The van der Waals surface area contributed by atoms with E-state index in [-0.39, 0.29) is 10.6 Å². The largest absolute Gasteiger partial charge is 0.375 e. The van der Waals surface area contributed by atoms with Crippen molar-refractivity contribution in [2.75, 3.05) is 19.7 Å². The van der Waals surface area contributed by atoms with Crippen molar-refractivity contribution in [1.29, 1.82) is 0 Å². The summed E-state index contributed by atoms with van der Waals surface area (Å²) >= 11 is 2.98. The Labute approximate surface area is 112 Å². The quantitative estimate of drug-likeness (QED) is 0.796. The van der Waals surface area contributed by atoms with Gasteiger partial charge in [-0.05, 0) is 19.1 Å². The van der Waals surface area contributed by atoms with Gasteiger partial charge in [0, 0.05) is 17.6 Å². The van der Waals surface area contributed by atoms with E-state index >= 15 is 0 Å². The highest BCUT2D eigenvalue weighted by Crippen LogP contribution is 2.21. The summed E-state index contributed by atoms with van der Waals surface area (Å²) in [5.74, 6) is -2.34. The van der Waals surface area contributed by atoms with Crippen LogP contribution in [0.2, 0.25) is 0 Å². The molecule has 1 atom stereocenters. The van der Waals surface area contributed by atoms with Gasteiger partial charge in [-0.25, -0.2) is 8.78 Å². The zero-order valence-electron chi connectivity index (χ0n) is 9.75. The molecule has 1 aromatic carbocycles. The van der Waals surface area contributed by atoms with E-state index in [1.54, 1.807) is 0 Å². The van der Waals surface area contributed by atoms with Gasteiger partial charge in [-0.15, -0.1) is 0 Å². The molecular weight excluding hydrogens is 308 g/mol. The van der Waals surface area contributed by atoms with Crippen LogP contribution in [-0.2, 0) is 4.74 Å². The van der Waals surface area contributed by atoms with Gasteiger partial charge in [-0.2, -0.15) is 0 Å². The van der Waals surface area contributed by atoms with Crippen molar-refractivity contribution >= 4 is 21.8 Å². The molecule has 1 heterocycles. The Balaban J connectivity index is 2.28. The molecule has 0 saturated carbocycles. The molecule has 1 aliphatic rings. The molecule has 1 fully saturated rings. The van der Waals surface area contributed by atoms with Crippen molar-refractivity contribution in [2.24, 2.45) is 0 Å². The van der Waals surface area contributed by atoms with E-state index in [1.807, 2.05) is 6.92 Å². The van der Waals surface area contributed by atoms with Crippen molar-refractivity contribution in [3.05, 3.63) is 33.8 Å². The first kappa shape index (κ1) is 13.4. The topological polar surface area (TPSA) is 29.5 Å². The van der Waals surface area contributed by atoms with E-state index in [9.17, 15) is 13.6 Å². The van der Waals surface area contributed by atoms with Gasteiger partial charge in [0.05, 0.1) is 12.7 Å². The van der Waals surface area contributed by atoms with Crippen LogP contribution in [0.5, 0.6) is 0 Å². The van der Waals surface area contributed by atoms with Crippen LogP contribution in [0.4, 0.5) is 8.78 Å². The molecule has 18 heavy (non-hydrogen) atoms. The van der Waals surface area contributed by atoms with Gasteiger partial charge in [-0.1, -0.05) is 15.9 Å². The van der Waals surface area contributed by atoms with Gasteiger partial charge >= 0.3 is 0 Å². The van der Waals surface area contributed by atoms with E-state index in [0.717, 1.165) is 12.1 Å². The number of morpholine rings is 1. The third kappa shape index (κ3) is 2.70. The minimum atomic E-state index is -0.856. The molecule has 3 nitrogen and oxygen atoms in total. The lowest BCUT2D eigenvalue weighted by Crippen LogP contribution is -2.45. The Bertz CT molecular complexity index is 458. The average Bonchev–Trinajstić information content (AvgIpc) is 2.27. The Kier molecular flexibility index (Phi) is 3.97. The minimum absolute atomic E-state index is 0.121. The second-order valence-corrected chi connectivity index (χ2v) is 5.09. The number of rotatable bonds is 1. The molecule has 6 heteroatoms. The summed E-state index contributed by atoms with van der Waals surface area (Å²) in [5, 5.41) is 0. The standard InChI is InChI=1S/C12H12BrF2NO2/c1-7-6-16(2-3-18-7)12(17)11-9(14)4-8(13)5-10(11)15/h4-5,7H,2-3,6H2,1H3/t7-/m1/s1. The molecule has 0 aliphatic carbocycles. The first-order chi connectivity index (χ1) is 8.49. The molecule has 1 saturated heterocycles. The molecule has 0 aromatic heterocycles. The molecule has 1 aliphatic heterocycles. The summed E-state index contributed by atoms with van der Waals surface area (Å²) in [6, 6.07) is 2.17. The van der Waals surface area contributed by atoms with Gasteiger partial charge in [0.25, 0.3) is 5.91 Å². The number of amides is 1. The Morgan fingerprint density at radius 2 is 2.06 bits per heavy atom. The van der Waals surface area contributed by atoms with Crippen LogP contribution >= 0.6 is 15.9 Å². The zero-order chi connectivity index (χ0) is 13.3. The summed E-state index contributed by atoms with van der Waals surface area (Å²) in [4.78, 5) is 13.5. The monoisotopic (exact) mass is 319 g/mol. The zero-order valence-corrected chi connectivity index (χ0v) is 11.3. The van der Waals surface area contributed by atoms with Gasteiger partial charge < -0.3 is 9.64 Å². The summed E-state index contributed by atoms with van der Waals surface area (Å²) < 4.78 is 32.9. The molecule has 0 spiro atoms. The van der Waals surface area contributed by atoms with E-state index in [0.29, 0.717) is 19.7 Å². The van der Waals surface area contributed by atoms with Crippen molar-refractivity contribution < 1.29 is 18.3 Å². The highest BCUT2D eigenvalue weighted by molar-refractivity contribution is 9.10. The predicted octanol–water partition coefficient (Wildman–Crippen LogP) is 2.59. The molecule has 1 aromatic rings. The van der Waals surface area contributed by atoms with E-state index < -0.39 is 23.1 Å². The fourth-order valence-electron chi connectivity index (χ4n) is 1.91. The number of ether oxygens (including phenoxy) is 1. The first-order valence-electron chi connectivity index (χ1n) is 5.54. The Morgan fingerprint density at radius 1 is 1.44 bits per heavy atom. The van der Waals surface area contributed by atoms with Crippen molar-refractivity contribution in [2.45, 2.75) is 13.0 Å². The number of benzene rings is 1. The smallest absolute Gasteiger partial charge is 0.259 e. The second-order valence-electron chi connectivity index (χ2n) is 4.18. The second kappa shape index (κ2) is 5.32. The minimum Gasteiger partial charge on any atom is -0.375 e. The fourth-order valence-corrected chi connectivity index (χ4v) is 2.31. The maximum atomic E-state index is 13.7. The van der Waals surface area contributed by atoms with Crippen LogP contribution < -0.4 is 0 Å². The lowest BCUT2D eigenvalue weighted by atomic mass is 10.1. The summed E-state index contributed by atoms with van der Waals surface area (Å²) in [6.07, 6.45) is -0.121. The number of hydrogen-bond acceptors (Lipinski definition) is 2. The third-order valence-corrected chi connectivity index (χ3v) is 3.21. The highest BCUT2D eigenvalue weighted by atomic mass is 79.9. The molecule has 0 radical (unpaired) electrons. The van der Waals surface area contributed by atoms with Crippen LogP contribution in [0.3, 0.4) is 0 Å². The molecule has 98 valence electrons. The summed E-state index contributed by atoms with van der Waals surface area (Å²) in [5.41, 5.74) is -0.507. The van der Waals surface area contributed by atoms with Crippen molar-refractivity contribution in [3.63, 3.8) is 0 Å². The highest BCUT2D eigenvalue weighted by Gasteiger charge is 2.27. The first-order valence-corrected chi connectivity index (χ1v) is 6.33. The maximum absolute atomic E-state index is 13.7. The summed E-state index contributed by atoms with van der Waals surface area (Å²) in [7, 11) is 0. The number of hydrogen-bond donors (Lipinski definition) is 0. The van der Waals surface area contributed by atoms with Gasteiger partial charge in [-0.3, -0.25) is 4.79 Å². The van der Waals surface area contributed by atoms with Crippen LogP contribution in [-0.4, -0.2) is 36.6 Å². The number of carbonyl (C=O) groups is 1. The van der Waals surface area contributed by atoms with Crippen LogP contribution in [0, 0.1) is 11.6 Å². The van der Waals surface area contributed by atoms with E-state index in [1.165, 1.54) is 4.90 Å². The number of nitrogens with zero attached hydrogens (tertiary/aromatic N) is 1. The average molecular weight is 320 g/mol. The van der Waals surface area contributed by atoms with E-state index in [4.69, 9.17) is 4.74 Å². The summed E-state index contributed by atoms with van der Waals surface area (Å²) in [6.45, 7) is 2.88. The Morgan fingerprint density at radius 3 is 2.61 bits per heavy atom. The lowest BCUT2D eigenvalue weighted by molar-refractivity contribution is -0.0127. The van der Waals surface area contributed by atoms with Gasteiger partial charge in [0.15, 0.2) is 0 Å². The van der Waals surface area contributed by atoms with Crippen LogP contribution in [0.25, 0.3) is 0 Å². The SMILES string of the molecule is C[C@@H]1CN(C(=O)c2c(F)cc(Br)cc2F)CCO1. The van der Waals surface area contributed by atoms with Crippen molar-refractivity contribution in [3.8, 4) is 0 Å². The Hall–Kier alpha value is -1.01. The molecule has 1 amide bonds. The molecule has 0 N–H and O–H groups in total. The number of carbonyl (C=O) groups excluding carboxylic acids is 1. The van der Waals surface area contributed by atoms with Gasteiger partial charge in [0.2, 0.25) is 0 Å². The van der Waals surface area contributed by atoms with Crippen molar-refractivity contribution in [1.82, 2.24) is 4.90 Å². The third-order valence-electron chi connectivity index (χ3n) is 2.75. The molecule has 0 unspecified atom stereocenters. The molecule has 0 bridgehead atoms. The normalized spacial score (nSPS) is 20.0.